The number of aliphatic hydroxyl groups excluding tert-OH is 1. The predicted molar refractivity (Wildman–Crippen MR) is 134 cm³/mol. The summed E-state index contributed by atoms with van der Waals surface area (Å²) < 4.78 is 18.7. The van der Waals surface area contributed by atoms with E-state index in [-0.39, 0.29) is 29.7 Å². The highest BCUT2D eigenvalue weighted by atomic mass is 19.1. The molecule has 2 aromatic rings. The van der Waals surface area contributed by atoms with Gasteiger partial charge in [-0.15, -0.1) is 0 Å². The Kier molecular flexibility index (Phi) is 7.90. The molecular weight excluding hydrogens is 463 g/mol. The normalized spacial score (nSPS) is 23.1. The molecule has 1 aromatic carbocycles. The second-order valence-corrected chi connectivity index (χ2v) is 10.4. The van der Waals surface area contributed by atoms with E-state index in [0.29, 0.717) is 49.8 Å². The van der Waals surface area contributed by atoms with Gasteiger partial charge >= 0.3 is 0 Å². The van der Waals surface area contributed by atoms with Crippen LogP contribution in [0.1, 0.15) is 46.5 Å². The zero-order valence-corrected chi connectivity index (χ0v) is 21.1. The summed E-state index contributed by atoms with van der Waals surface area (Å²) in [4.78, 5) is 34.5. The number of pyridine rings is 1. The van der Waals surface area contributed by atoms with Crippen LogP contribution in [-0.2, 0) is 9.59 Å². The van der Waals surface area contributed by atoms with E-state index < -0.39 is 11.6 Å². The maximum absolute atomic E-state index is 13.2. The molecule has 36 heavy (non-hydrogen) atoms. The van der Waals surface area contributed by atoms with E-state index >= 15 is 0 Å². The zero-order chi connectivity index (χ0) is 25.9. The quantitative estimate of drug-likeness (QED) is 0.629. The lowest BCUT2D eigenvalue weighted by Gasteiger charge is -2.49. The molecule has 0 unspecified atom stereocenters. The molecule has 2 aliphatic rings. The van der Waals surface area contributed by atoms with Gasteiger partial charge in [-0.05, 0) is 82.9 Å². The van der Waals surface area contributed by atoms with Crippen LogP contribution in [0.4, 0.5) is 10.2 Å². The molecule has 1 aliphatic carbocycles. The van der Waals surface area contributed by atoms with E-state index in [4.69, 9.17) is 4.74 Å². The molecule has 1 atom stereocenters. The second-order valence-electron chi connectivity index (χ2n) is 10.4. The van der Waals surface area contributed by atoms with Gasteiger partial charge in [0.15, 0.2) is 0 Å². The first-order valence-corrected chi connectivity index (χ1v) is 12.6. The van der Waals surface area contributed by atoms with Crippen molar-refractivity contribution < 1.29 is 23.8 Å². The maximum Gasteiger partial charge on any atom is 0.242 e. The molecule has 4 rings (SSSR count). The van der Waals surface area contributed by atoms with Crippen LogP contribution in [0.2, 0.25) is 0 Å². The number of hydrogen-bond acceptors (Lipinski definition) is 6. The Morgan fingerprint density at radius 2 is 1.75 bits per heavy atom. The Hall–Kier alpha value is -3.04. The summed E-state index contributed by atoms with van der Waals surface area (Å²) in [5, 5.41) is 12.6. The molecule has 1 saturated carbocycles. The molecule has 0 radical (unpaired) electrons. The Bertz CT molecular complexity index is 1050. The number of carbonyl (C=O) groups excluding carboxylic acids is 2. The first-order valence-electron chi connectivity index (χ1n) is 12.6. The van der Waals surface area contributed by atoms with Gasteiger partial charge in [0.25, 0.3) is 0 Å². The van der Waals surface area contributed by atoms with Crippen molar-refractivity contribution in [3.63, 3.8) is 0 Å². The molecule has 2 N–H and O–H groups in total. The molecule has 194 valence electrons. The first kappa shape index (κ1) is 26.0. The lowest BCUT2D eigenvalue weighted by Crippen LogP contribution is -2.64. The van der Waals surface area contributed by atoms with Crippen molar-refractivity contribution in [1.82, 2.24) is 14.8 Å². The molecule has 0 spiro atoms. The number of amides is 2. The molecular formula is C27H35FN4O4. The van der Waals surface area contributed by atoms with Gasteiger partial charge in [-0.25, -0.2) is 9.37 Å². The smallest absolute Gasteiger partial charge is 0.242 e. The number of piperazine rings is 1. The number of anilines is 1. The van der Waals surface area contributed by atoms with Gasteiger partial charge in [-0.1, -0.05) is 0 Å². The minimum atomic E-state index is -0.405. The molecule has 2 heterocycles. The Labute approximate surface area is 211 Å². The van der Waals surface area contributed by atoms with Gasteiger partial charge in [0, 0.05) is 25.6 Å². The SMILES string of the molecule is C[C@@H](C(=O)Nc1ccc(Oc2ccc(F)cc2)cn1)N1CCN(C(=O)C2CCC(O)CC2)C(C)(C)C1. The number of ether oxygens (including phenoxy) is 1. The third-order valence-electron chi connectivity index (χ3n) is 7.21. The first-order chi connectivity index (χ1) is 17.1. The average Bonchev–Trinajstić information content (AvgIpc) is 2.85. The lowest BCUT2D eigenvalue weighted by atomic mass is 9.85. The van der Waals surface area contributed by atoms with Crippen molar-refractivity contribution >= 4 is 17.6 Å². The fourth-order valence-electron chi connectivity index (χ4n) is 5.02. The van der Waals surface area contributed by atoms with Gasteiger partial charge < -0.3 is 20.1 Å². The largest absolute Gasteiger partial charge is 0.456 e. The summed E-state index contributed by atoms with van der Waals surface area (Å²) in [5.74, 6) is 0.996. The molecule has 1 aliphatic heterocycles. The average molecular weight is 499 g/mol. The van der Waals surface area contributed by atoms with Gasteiger partial charge in [-0.3, -0.25) is 14.5 Å². The van der Waals surface area contributed by atoms with Crippen molar-refractivity contribution in [1.29, 1.82) is 0 Å². The van der Waals surface area contributed by atoms with Gasteiger partial charge in [-0.2, -0.15) is 0 Å². The number of hydrogen-bond donors (Lipinski definition) is 2. The van der Waals surface area contributed by atoms with Gasteiger partial charge in [0.1, 0.15) is 23.1 Å². The summed E-state index contributed by atoms with van der Waals surface area (Å²) in [6.07, 6.45) is 4.04. The van der Waals surface area contributed by atoms with Crippen LogP contribution in [0.15, 0.2) is 42.6 Å². The van der Waals surface area contributed by atoms with Gasteiger partial charge in [0.2, 0.25) is 11.8 Å². The van der Waals surface area contributed by atoms with E-state index in [9.17, 15) is 19.1 Å². The van der Waals surface area contributed by atoms with Crippen LogP contribution in [-0.4, -0.2) is 69.0 Å². The fourth-order valence-corrected chi connectivity index (χ4v) is 5.02. The predicted octanol–water partition coefficient (Wildman–Crippen LogP) is 3.81. The summed E-state index contributed by atoms with van der Waals surface area (Å²) in [6.45, 7) is 7.70. The highest BCUT2D eigenvalue weighted by molar-refractivity contribution is 5.93. The van der Waals surface area contributed by atoms with Crippen LogP contribution in [0.3, 0.4) is 0 Å². The van der Waals surface area contributed by atoms with E-state index in [2.05, 4.69) is 15.2 Å². The molecule has 1 aromatic heterocycles. The van der Waals surface area contributed by atoms with Crippen LogP contribution in [0.25, 0.3) is 0 Å². The maximum atomic E-state index is 13.2. The van der Waals surface area contributed by atoms with Crippen molar-refractivity contribution in [3.05, 3.63) is 48.4 Å². The highest BCUT2D eigenvalue weighted by Crippen LogP contribution is 2.31. The third kappa shape index (κ3) is 6.20. The lowest BCUT2D eigenvalue weighted by molar-refractivity contribution is -0.147. The molecule has 8 nitrogen and oxygen atoms in total. The summed E-state index contributed by atoms with van der Waals surface area (Å²) >= 11 is 0. The molecule has 2 amide bonds. The van der Waals surface area contributed by atoms with Crippen LogP contribution in [0.5, 0.6) is 11.5 Å². The Morgan fingerprint density at radius 1 is 1.08 bits per heavy atom. The molecule has 0 bridgehead atoms. The van der Waals surface area contributed by atoms with Crippen LogP contribution < -0.4 is 10.1 Å². The number of aliphatic hydroxyl groups is 1. The zero-order valence-electron chi connectivity index (χ0n) is 21.1. The van der Waals surface area contributed by atoms with Crippen molar-refractivity contribution in [2.45, 2.75) is 64.1 Å². The number of rotatable bonds is 6. The monoisotopic (exact) mass is 498 g/mol. The fraction of sp³-hybridized carbons (Fsp3) is 0.519. The Balaban J connectivity index is 1.30. The second kappa shape index (κ2) is 10.9. The number of aromatic nitrogens is 1. The third-order valence-corrected chi connectivity index (χ3v) is 7.21. The topological polar surface area (TPSA) is 95.0 Å². The Morgan fingerprint density at radius 3 is 2.36 bits per heavy atom. The van der Waals surface area contributed by atoms with E-state index in [1.807, 2.05) is 25.7 Å². The van der Waals surface area contributed by atoms with Crippen LogP contribution in [0, 0.1) is 11.7 Å². The highest BCUT2D eigenvalue weighted by Gasteiger charge is 2.41. The van der Waals surface area contributed by atoms with Crippen molar-refractivity contribution in [3.8, 4) is 11.5 Å². The van der Waals surface area contributed by atoms with Crippen molar-refractivity contribution in [2.24, 2.45) is 5.92 Å². The number of carbonyl (C=O) groups is 2. The van der Waals surface area contributed by atoms with Gasteiger partial charge in [0.05, 0.1) is 23.9 Å². The minimum Gasteiger partial charge on any atom is -0.456 e. The van der Waals surface area contributed by atoms with E-state index in [0.717, 1.165) is 12.8 Å². The standard InChI is InChI=1S/C27H35FN4O4/c1-18(25(34)30-24-13-12-23(16-29-24)36-22-10-6-20(28)7-11-22)31-14-15-32(27(2,3)17-31)26(35)19-4-8-21(33)9-5-19/h6-7,10-13,16,18-19,21,33H,4-5,8-9,14-15,17H2,1-3H3,(H,29,30,34)/t18-,19?,21?/m0/s1. The van der Waals surface area contributed by atoms with Crippen molar-refractivity contribution in [2.75, 3.05) is 25.0 Å². The van der Waals surface area contributed by atoms with Crippen LogP contribution >= 0.6 is 0 Å². The minimum absolute atomic E-state index is 0.0268. The number of nitrogens with one attached hydrogen (secondary N) is 1. The van der Waals surface area contributed by atoms with E-state index in [1.54, 1.807) is 12.1 Å². The molecule has 2 fully saturated rings. The number of halogens is 1. The number of nitrogens with zero attached hydrogens (tertiary/aromatic N) is 3. The molecule has 9 heteroatoms. The summed E-state index contributed by atoms with van der Waals surface area (Å²) in [6, 6.07) is 8.64. The van der Waals surface area contributed by atoms with E-state index in [1.165, 1.54) is 30.5 Å². The molecule has 1 saturated heterocycles. The summed E-state index contributed by atoms with van der Waals surface area (Å²) in [7, 11) is 0. The summed E-state index contributed by atoms with van der Waals surface area (Å²) in [5.41, 5.74) is -0.405. The number of benzene rings is 1.